The van der Waals surface area contributed by atoms with Gasteiger partial charge in [-0.1, -0.05) is 18.2 Å². The zero-order valence-corrected chi connectivity index (χ0v) is 16.8. The van der Waals surface area contributed by atoms with E-state index in [9.17, 15) is 27.6 Å². The van der Waals surface area contributed by atoms with Crippen LogP contribution in [0, 0.1) is 5.92 Å². The van der Waals surface area contributed by atoms with Crippen molar-refractivity contribution in [2.24, 2.45) is 11.7 Å². The van der Waals surface area contributed by atoms with Crippen LogP contribution in [0.25, 0.3) is 0 Å². The molecule has 0 radical (unpaired) electrons. The molecule has 0 heterocycles. The largest absolute Gasteiger partial charge is 0.468 e. The van der Waals surface area contributed by atoms with Gasteiger partial charge in [-0.3, -0.25) is 9.59 Å². The first kappa shape index (κ1) is 24.5. The fraction of sp³-hybridized carbons (Fsp3) is 0.421. The number of halogens is 4. The van der Waals surface area contributed by atoms with Crippen LogP contribution in [0.5, 0.6) is 0 Å². The van der Waals surface area contributed by atoms with E-state index in [4.69, 9.17) is 22.1 Å². The maximum absolute atomic E-state index is 13.2. The van der Waals surface area contributed by atoms with Crippen LogP contribution in [0.3, 0.4) is 0 Å². The topological polar surface area (TPSA) is 95.7 Å². The molecule has 0 aliphatic heterocycles. The minimum Gasteiger partial charge on any atom is -0.468 e. The molecule has 2 atom stereocenters. The number of hydrogen-bond donors (Lipinski definition) is 1. The van der Waals surface area contributed by atoms with Gasteiger partial charge >= 0.3 is 18.1 Å². The summed E-state index contributed by atoms with van der Waals surface area (Å²) in [6.07, 6.45) is -4.69. The highest BCUT2D eigenvalue weighted by atomic mass is 35.5. The molecule has 1 aromatic carbocycles. The van der Waals surface area contributed by atoms with Gasteiger partial charge in [0.1, 0.15) is 5.92 Å². The van der Waals surface area contributed by atoms with Crippen LogP contribution in [0.4, 0.5) is 13.2 Å². The molecule has 0 aliphatic rings. The predicted octanol–water partition coefficient (Wildman–Crippen LogP) is 3.18. The van der Waals surface area contributed by atoms with Crippen LogP contribution in [-0.4, -0.2) is 37.3 Å². The fourth-order valence-electron chi connectivity index (χ4n) is 2.84. The van der Waals surface area contributed by atoms with Gasteiger partial charge < -0.3 is 15.2 Å². The van der Waals surface area contributed by atoms with Crippen molar-refractivity contribution in [1.82, 2.24) is 0 Å². The third-order valence-corrected chi connectivity index (χ3v) is 4.33. The van der Waals surface area contributed by atoms with Gasteiger partial charge in [0.25, 0.3) is 0 Å². The van der Waals surface area contributed by atoms with Gasteiger partial charge in [-0.15, -0.1) is 11.6 Å². The SMILES string of the molecule is CCOC(=O)/C(=C(\C)N)C(c1cccc(C(F)(F)F)c1)C(C(=O)CCl)C(=O)OC. The second-order valence-corrected chi connectivity index (χ2v) is 6.29. The van der Waals surface area contributed by atoms with Gasteiger partial charge in [0.15, 0.2) is 5.78 Å². The van der Waals surface area contributed by atoms with Gasteiger partial charge in [-0.05, 0) is 25.5 Å². The number of nitrogens with two attached hydrogens (primary N) is 1. The molecule has 2 N–H and O–H groups in total. The van der Waals surface area contributed by atoms with Crippen LogP contribution in [0.2, 0.25) is 0 Å². The van der Waals surface area contributed by atoms with Gasteiger partial charge in [0.2, 0.25) is 0 Å². The van der Waals surface area contributed by atoms with Crippen molar-refractivity contribution in [2.45, 2.75) is 25.9 Å². The molecule has 1 aromatic rings. The molecule has 0 saturated heterocycles. The number of Topliss-reactive ketones (excluding diaryl/α,β-unsaturated/α-hetero) is 1. The summed E-state index contributed by atoms with van der Waals surface area (Å²) in [6.45, 7) is 2.77. The number of benzene rings is 1. The number of carbonyl (C=O) groups excluding carboxylic acids is 3. The standard InChI is InChI=1S/C19H21ClF3NO5/c1-4-29-18(27)14(10(2)24)15(16(13(25)9-20)17(26)28-3)11-6-5-7-12(8-11)19(21,22)23/h5-8,15-16H,4,9,24H2,1-3H3/b14-10+. The van der Waals surface area contributed by atoms with Crippen LogP contribution in [0.1, 0.15) is 30.9 Å². The minimum atomic E-state index is -4.69. The molecule has 0 bridgehead atoms. The highest BCUT2D eigenvalue weighted by Crippen LogP contribution is 2.38. The third kappa shape index (κ3) is 5.96. The average Bonchev–Trinajstić information content (AvgIpc) is 2.66. The molecule has 0 saturated carbocycles. The highest BCUT2D eigenvalue weighted by molar-refractivity contribution is 6.29. The number of esters is 2. The lowest BCUT2D eigenvalue weighted by atomic mass is 9.77. The maximum atomic E-state index is 13.2. The quantitative estimate of drug-likeness (QED) is 0.291. The summed E-state index contributed by atoms with van der Waals surface area (Å²) in [4.78, 5) is 37.4. The normalized spacial score (nSPS) is 14.4. The van der Waals surface area contributed by atoms with Crippen LogP contribution in [0.15, 0.2) is 35.5 Å². The first-order valence-electron chi connectivity index (χ1n) is 8.46. The number of rotatable bonds is 8. The Hall–Kier alpha value is -2.55. The number of ketones is 1. The molecule has 0 aliphatic carbocycles. The zero-order valence-electron chi connectivity index (χ0n) is 16.0. The monoisotopic (exact) mass is 435 g/mol. The first-order chi connectivity index (χ1) is 13.5. The summed E-state index contributed by atoms with van der Waals surface area (Å²) in [7, 11) is 1.00. The summed E-state index contributed by atoms with van der Waals surface area (Å²) in [5, 5.41) is 0. The van der Waals surface area contributed by atoms with Crippen LogP contribution >= 0.6 is 11.6 Å². The van der Waals surface area contributed by atoms with E-state index in [1.807, 2.05) is 0 Å². The van der Waals surface area contributed by atoms with E-state index in [1.165, 1.54) is 19.9 Å². The number of alkyl halides is 4. The summed E-state index contributed by atoms with van der Waals surface area (Å²) < 4.78 is 49.2. The van der Waals surface area contributed by atoms with Crippen LogP contribution in [-0.2, 0) is 30.0 Å². The molecule has 29 heavy (non-hydrogen) atoms. The Morgan fingerprint density at radius 1 is 1.24 bits per heavy atom. The van der Waals surface area contributed by atoms with E-state index in [2.05, 4.69) is 4.74 Å². The number of methoxy groups -OCH3 is 1. The number of carbonyl (C=O) groups is 3. The van der Waals surface area contributed by atoms with E-state index >= 15 is 0 Å². The number of allylic oxidation sites excluding steroid dienone is 1. The summed E-state index contributed by atoms with van der Waals surface area (Å²) in [5.41, 5.74) is 4.20. The Balaban J connectivity index is 3.82. The Kier molecular flexibility index (Phi) is 8.69. The fourth-order valence-corrected chi connectivity index (χ4v) is 3.01. The Morgan fingerprint density at radius 3 is 2.31 bits per heavy atom. The lowest BCUT2D eigenvalue weighted by Gasteiger charge is -2.27. The smallest absolute Gasteiger partial charge is 0.416 e. The van der Waals surface area contributed by atoms with Gasteiger partial charge in [-0.2, -0.15) is 13.2 Å². The van der Waals surface area contributed by atoms with Crippen LogP contribution < -0.4 is 5.73 Å². The van der Waals surface area contributed by atoms with Gasteiger partial charge in [0.05, 0.1) is 30.7 Å². The van der Waals surface area contributed by atoms with Crippen molar-refractivity contribution in [3.8, 4) is 0 Å². The van der Waals surface area contributed by atoms with Crippen molar-refractivity contribution in [3.63, 3.8) is 0 Å². The molecule has 0 amide bonds. The molecule has 6 nitrogen and oxygen atoms in total. The molecular weight excluding hydrogens is 415 g/mol. The molecule has 1 rings (SSSR count). The maximum Gasteiger partial charge on any atom is 0.416 e. The van der Waals surface area contributed by atoms with Gasteiger partial charge in [-0.25, -0.2) is 4.79 Å². The second kappa shape index (κ2) is 10.3. The summed E-state index contributed by atoms with van der Waals surface area (Å²) in [5.74, 6) is -6.69. The lowest BCUT2D eigenvalue weighted by molar-refractivity contribution is -0.149. The molecule has 10 heteroatoms. The summed E-state index contributed by atoms with van der Waals surface area (Å²) >= 11 is 5.61. The highest BCUT2D eigenvalue weighted by Gasteiger charge is 2.42. The van der Waals surface area contributed by atoms with Gasteiger partial charge in [0, 0.05) is 11.6 Å². The van der Waals surface area contributed by atoms with Crippen molar-refractivity contribution in [1.29, 1.82) is 0 Å². The van der Waals surface area contributed by atoms with E-state index in [-0.39, 0.29) is 23.4 Å². The zero-order chi connectivity index (χ0) is 22.4. The first-order valence-corrected chi connectivity index (χ1v) is 9.00. The Bertz CT molecular complexity index is 787. The van der Waals surface area contributed by atoms with Crippen molar-refractivity contribution < 1.29 is 37.0 Å². The lowest BCUT2D eigenvalue weighted by Crippen LogP contribution is -2.36. The molecular formula is C19H21ClF3NO5. The third-order valence-electron chi connectivity index (χ3n) is 4.07. The average molecular weight is 436 g/mol. The van der Waals surface area contributed by atoms with E-state index in [1.54, 1.807) is 0 Å². The van der Waals surface area contributed by atoms with Crippen molar-refractivity contribution in [2.75, 3.05) is 19.6 Å². The molecule has 0 spiro atoms. The van der Waals surface area contributed by atoms with Crippen molar-refractivity contribution >= 4 is 29.3 Å². The van der Waals surface area contributed by atoms with E-state index in [0.29, 0.717) is 0 Å². The second-order valence-electron chi connectivity index (χ2n) is 6.02. The number of ether oxygens (including phenoxy) is 2. The predicted molar refractivity (Wildman–Crippen MR) is 98.9 cm³/mol. The summed E-state index contributed by atoms with van der Waals surface area (Å²) in [6, 6.07) is 3.91. The molecule has 2 unspecified atom stereocenters. The molecule has 0 aromatic heterocycles. The van der Waals surface area contributed by atoms with Crippen molar-refractivity contribution in [3.05, 3.63) is 46.7 Å². The number of hydrogen-bond acceptors (Lipinski definition) is 6. The molecule has 160 valence electrons. The Labute approximate surface area is 170 Å². The molecule has 0 fully saturated rings. The Morgan fingerprint density at radius 2 is 1.86 bits per heavy atom. The minimum absolute atomic E-state index is 0.0583. The van der Waals surface area contributed by atoms with E-state index < -0.39 is 47.2 Å². The van der Waals surface area contributed by atoms with E-state index in [0.717, 1.165) is 25.3 Å².